The predicted octanol–water partition coefficient (Wildman–Crippen LogP) is 2.02. The first-order valence-corrected chi connectivity index (χ1v) is 11.6. The third-order valence-electron chi connectivity index (χ3n) is 5.69. The van der Waals surface area contributed by atoms with Crippen molar-refractivity contribution in [1.29, 1.82) is 0 Å². The van der Waals surface area contributed by atoms with E-state index in [1.807, 2.05) is 35.4 Å². The summed E-state index contributed by atoms with van der Waals surface area (Å²) < 4.78 is 25.4. The van der Waals surface area contributed by atoms with Crippen LogP contribution in [0.4, 0.5) is 0 Å². The molecule has 4 rings (SSSR count). The molecule has 0 saturated carbocycles. The Morgan fingerprint density at radius 1 is 1.15 bits per heavy atom. The summed E-state index contributed by atoms with van der Waals surface area (Å²) in [6.45, 7) is 3.49. The number of nitrogens with zero attached hydrogens (tertiary/aromatic N) is 3. The summed E-state index contributed by atoms with van der Waals surface area (Å²) in [6, 6.07) is 7.94. The summed E-state index contributed by atoms with van der Waals surface area (Å²) in [4.78, 5) is 16.7. The third-order valence-corrected chi connectivity index (χ3v) is 7.68. The predicted molar refractivity (Wildman–Crippen MR) is 107 cm³/mol. The standard InChI is InChI=1S/C19H24ClN3O3S/c20-16-2-1-15-3-6-22(18(15)13-16)7-4-19(24)23-10-8-21(9-11-23)17-5-12-27(25,26)14-17/h1-3,6,13,17H,4-5,7-12,14H2/t17-/m0/s1. The molecule has 0 bridgehead atoms. The van der Waals surface area contributed by atoms with Gasteiger partial charge in [0.05, 0.1) is 11.5 Å². The van der Waals surface area contributed by atoms with Gasteiger partial charge in [-0.25, -0.2) is 8.42 Å². The minimum atomic E-state index is -2.86. The Morgan fingerprint density at radius 2 is 1.93 bits per heavy atom. The Morgan fingerprint density at radius 3 is 2.63 bits per heavy atom. The molecule has 0 radical (unpaired) electrons. The molecule has 6 nitrogen and oxygen atoms in total. The van der Waals surface area contributed by atoms with Crippen LogP contribution in [0.3, 0.4) is 0 Å². The fourth-order valence-corrected chi connectivity index (χ4v) is 6.05. The second-order valence-electron chi connectivity index (χ2n) is 7.44. The number of benzene rings is 1. The van der Waals surface area contributed by atoms with E-state index in [0.717, 1.165) is 30.4 Å². The molecule has 2 saturated heterocycles. The molecule has 8 heteroatoms. The lowest BCUT2D eigenvalue weighted by atomic mass is 10.2. The molecule has 27 heavy (non-hydrogen) atoms. The molecule has 0 N–H and O–H groups in total. The van der Waals surface area contributed by atoms with Crippen molar-refractivity contribution in [2.75, 3.05) is 37.7 Å². The minimum Gasteiger partial charge on any atom is -0.347 e. The van der Waals surface area contributed by atoms with Gasteiger partial charge in [-0.05, 0) is 30.0 Å². The number of rotatable bonds is 4. The molecule has 3 heterocycles. The molecule has 1 amide bonds. The molecule has 1 aromatic heterocycles. The van der Waals surface area contributed by atoms with E-state index in [4.69, 9.17) is 11.6 Å². The first-order chi connectivity index (χ1) is 12.9. The number of amides is 1. The van der Waals surface area contributed by atoms with Crippen LogP contribution in [0.15, 0.2) is 30.5 Å². The summed E-state index contributed by atoms with van der Waals surface area (Å²) in [5.74, 6) is 0.716. The maximum atomic E-state index is 12.6. The lowest BCUT2D eigenvalue weighted by molar-refractivity contribution is -0.133. The second-order valence-corrected chi connectivity index (χ2v) is 10.1. The van der Waals surface area contributed by atoms with Crippen molar-refractivity contribution in [1.82, 2.24) is 14.4 Å². The quantitative estimate of drug-likeness (QED) is 0.775. The molecule has 146 valence electrons. The van der Waals surface area contributed by atoms with Crippen molar-refractivity contribution in [3.8, 4) is 0 Å². The van der Waals surface area contributed by atoms with Crippen LogP contribution in [0.2, 0.25) is 5.02 Å². The van der Waals surface area contributed by atoms with Crippen molar-refractivity contribution in [2.24, 2.45) is 0 Å². The van der Waals surface area contributed by atoms with Gasteiger partial charge in [-0.2, -0.15) is 0 Å². The van der Waals surface area contributed by atoms with Crippen LogP contribution >= 0.6 is 11.6 Å². The molecule has 0 aliphatic carbocycles. The maximum absolute atomic E-state index is 12.6. The highest BCUT2D eigenvalue weighted by molar-refractivity contribution is 7.91. The number of aryl methyl sites for hydroxylation is 1. The SMILES string of the molecule is O=C(CCn1ccc2ccc(Cl)cc21)N1CCN([C@H]2CCS(=O)(=O)C2)CC1. The molecule has 2 aromatic rings. The van der Waals surface area contributed by atoms with Gasteiger partial charge in [0, 0.05) is 61.9 Å². The van der Waals surface area contributed by atoms with Crippen molar-refractivity contribution in [3.05, 3.63) is 35.5 Å². The Kier molecular flexibility index (Phi) is 5.18. The average molecular weight is 410 g/mol. The lowest BCUT2D eigenvalue weighted by Crippen LogP contribution is -2.52. The summed E-state index contributed by atoms with van der Waals surface area (Å²) in [5.41, 5.74) is 1.04. The van der Waals surface area contributed by atoms with Gasteiger partial charge in [0.1, 0.15) is 0 Å². The van der Waals surface area contributed by atoms with E-state index in [0.29, 0.717) is 36.8 Å². The van der Waals surface area contributed by atoms with E-state index in [-0.39, 0.29) is 17.7 Å². The Bertz CT molecular complexity index is 948. The fraction of sp³-hybridized carbons (Fsp3) is 0.526. The van der Waals surface area contributed by atoms with Gasteiger partial charge in [0.15, 0.2) is 9.84 Å². The maximum Gasteiger partial charge on any atom is 0.224 e. The fourth-order valence-electron chi connectivity index (χ4n) is 4.13. The largest absolute Gasteiger partial charge is 0.347 e. The Hall–Kier alpha value is -1.57. The van der Waals surface area contributed by atoms with Crippen LogP contribution in [0.1, 0.15) is 12.8 Å². The minimum absolute atomic E-state index is 0.128. The van der Waals surface area contributed by atoms with Gasteiger partial charge in [-0.3, -0.25) is 9.69 Å². The van der Waals surface area contributed by atoms with Crippen LogP contribution < -0.4 is 0 Å². The zero-order valence-corrected chi connectivity index (χ0v) is 16.8. The van der Waals surface area contributed by atoms with E-state index in [9.17, 15) is 13.2 Å². The van der Waals surface area contributed by atoms with Gasteiger partial charge in [0.2, 0.25) is 5.91 Å². The third kappa shape index (κ3) is 4.15. The second kappa shape index (κ2) is 7.45. The van der Waals surface area contributed by atoms with Gasteiger partial charge < -0.3 is 9.47 Å². The number of carbonyl (C=O) groups excluding carboxylic acids is 1. The highest BCUT2D eigenvalue weighted by atomic mass is 35.5. The van der Waals surface area contributed by atoms with Gasteiger partial charge >= 0.3 is 0 Å². The zero-order valence-electron chi connectivity index (χ0n) is 15.2. The summed E-state index contributed by atoms with van der Waals surface area (Å²) in [7, 11) is -2.86. The Balaban J connectivity index is 1.30. The number of hydrogen-bond donors (Lipinski definition) is 0. The lowest BCUT2D eigenvalue weighted by Gasteiger charge is -2.37. The topological polar surface area (TPSA) is 62.6 Å². The molecular weight excluding hydrogens is 386 g/mol. The Labute approximate surface area is 164 Å². The molecule has 1 atom stereocenters. The number of piperazine rings is 1. The molecule has 2 fully saturated rings. The van der Waals surface area contributed by atoms with Crippen molar-refractivity contribution >= 4 is 38.2 Å². The van der Waals surface area contributed by atoms with E-state index < -0.39 is 9.84 Å². The molecule has 2 aliphatic heterocycles. The number of hydrogen-bond acceptors (Lipinski definition) is 4. The van der Waals surface area contributed by atoms with Gasteiger partial charge in [-0.15, -0.1) is 0 Å². The molecule has 0 unspecified atom stereocenters. The van der Waals surface area contributed by atoms with E-state index in [1.165, 1.54) is 0 Å². The van der Waals surface area contributed by atoms with Gasteiger partial charge in [0.25, 0.3) is 0 Å². The van der Waals surface area contributed by atoms with E-state index in [2.05, 4.69) is 9.47 Å². The highest BCUT2D eigenvalue weighted by Crippen LogP contribution is 2.22. The highest BCUT2D eigenvalue weighted by Gasteiger charge is 2.34. The number of carbonyl (C=O) groups is 1. The summed E-state index contributed by atoms with van der Waals surface area (Å²) in [5, 5.41) is 1.81. The first kappa shape index (κ1) is 18.8. The first-order valence-electron chi connectivity index (χ1n) is 9.38. The number of aromatic nitrogens is 1. The normalized spacial score (nSPS) is 23.1. The average Bonchev–Trinajstić information content (AvgIpc) is 3.22. The molecule has 2 aliphatic rings. The summed E-state index contributed by atoms with van der Waals surface area (Å²) in [6.07, 6.45) is 3.17. The molecule has 0 spiro atoms. The van der Waals surface area contributed by atoms with Crippen LogP contribution in [0.25, 0.3) is 10.9 Å². The van der Waals surface area contributed by atoms with Crippen molar-refractivity contribution in [2.45, 2.75) is 25.4 Å². The number of fused-ring (bicyclic) bond motifs is 1. The molecule has 1 aromatic carbocycles. The van der Waals surface area contributed by atoms with Crippen LogP contribution in [-0.4, -0.2) is 72.4 Å². The van der Waals surface area contributed by atoms with Crippen molar-refractivity contribution in [3.63, 3.8) is 0 Å². The van der Waals surface area contributed by atoms with Crippen molar-refractivity contribution < 1.29 is 13.2 Å². The summed E-state index contributed by atoms with van der Waals surface area (Å²) >= 11 is 6.09. The zero-order chi connectivity index (χ0) is 19.0. The van der Waals surface area contributed by atoms with Crippen LogP contribution in [0, 0.1) is 0 Å². The van der Waals surface area contributed by atoms with E-state index >= 15 is 0 Å². The van der Waals surface area contributed by atoms with Gasteiger partial charge in [-0.1, -0.05) is 17.7 Å². The molecular formula is C19H24ClN3O3S. The number of sulfone groups is 1. The van der Waals surface area contributed by atoms with Crippen LogP contribution in [0.5, 0.6) is 0 Å². The number of halogens is 1. The monoisotopic (exact) mass is 409 g/mol. The smallest absolute Gasteiger partial charge is 0.224 e. The van der Waals surface area contributed by atoms with Crippen LogP contribution in [-0.2, 0) is 21.2 Å². The van der Waals surface area contributed by atoms with E-state index in [1.54, 1.807) is 0 Å².